The standard InChI is InChI=1S/C13H15N5OS/c1-17-7-5-9(16-17)6-8-18-12-10(14-13(18)20)3-4-11(15-12)19-2/h3-5,7H,6,8H2,1-2H3,(H,14,20). The molecule has 0 aliphatic rings. The van der Waals surface area contributed by atoms with E-state index in [2.05, 4.69) is 15.1 Å². The Morgan fingerprint density at radius 1 is 1.35 bits per heavy atom. The van der Waals surface area contributed by atoms with E-state index in [-0.39, 0.29) is 0 Å². The quantitative estimate of drug-likeness (QED) is 0.747. The Labute approximate surface area is 121 Å². The lowest BCUT2D eigenvalue weighted by atomic mass is 10.3. The summed E-state index contributed by atoms with van der Waals surface area (Å²) in [5.41, 5.74) is 2.76. The number of hydrogen-bond donors (Lipinski definition) is 1. The lowest BCUT2D eigenvalue weighted by Crippen LogP contribution is -2.03. The van der Waals surface area contributed by atoms with Crippen LogP contribution < -0.4 is 4.74 Å². The number of H-pyrrole nitrogens is 1. The van der Waals surface area contributed by atoms with Crippen molar-refractivity contribution in [3.8, 4) is 5.88 Å². The van der Waals surface area contributed by atoms with Crippen molar-refractivity contribution in [2.45, 2.75) is 13.0 Å². The smallest absolute Gasteiger partial charge is 0.215 e. The number of hydrogen-bond acceptors (Lipinski definition) is 4. The molecule has 0 aliphatic heterocycles. The van der Waals surface area contributed by atoms with Crippen LogP contribution in [0.2, 0.25) is 0 Å². The van der Waals surface area contributed by atoms with E-state index >= 15 is 0 Å². The van der Waals surface area contributed by atoms with Gasteiger partial charge in [-0.05, 0) is 24.4 Å². The highest BCUT2D eigenvalue weighted by molar-refractivity contribution is 7.71. The zero-order chi connectivity index (χ0) is 14.1. The Kier molecular flexibility index (Phi) is 3.27. The highest BCUT2D eigenvalue weighted by Crippen LogP contribution is 2.16. The summed E-state index contributed by atoms with van der Waals surface area (Å²) in [5, 5.41) is 4.37. The van der Waals surface area contributed by atoms with Crippen LogP contribution in [-0.4, -0.2) is 31.4 Å². The molecule has 0 fully saturated rings. The highest BCUT2D eigenvalue weighted by atomic mass is 32.1. The van der Waals surface area contributed by atoms with Crippen LogP contribution in [0.4, 0.5) is 0 Å². The van der Waals surface area contributed by atoms with Crippen LogP contribution in [-0.2, 0) is 20.0 Å². The number of imidazole rings is 1. The predicted molar refractivity (Wildman–Crippen MR) is 78.4 cm³/mol. The number of nitrogens with one attached hydrogen (secondary N) is 1. The topological polar surface area (TPSA) is 60.7 Å². The summed E-state index contributed by atoms with van der Waals surface area (Å²) in [7, 11) is 3.51. The molecule has 0 radical (unpaired) electrons. The molecule has 0 aliphatic carbocycles. The van der Waals surface area contributed by atoms with Crippen molar-refractivity contribution in [2.75, 3.05) is 7.11 Å². The van der Waals surface area contributed by atoms with Crippen LogP contribution in [0.3, 0.4) is 0 Å². The molecule has 0 saturated carbocycles. The third-order valence-corrected chi connectivity index (χ3v) is 3.48. The van der Waals surface area contributed by atoms with Crippen molar-refractivity contribution in [1.29, 1.82) is 0 Å². The second-order valence-corrected chi connectivity index (χ2v) is 4.92. The Morgan fingerprint density at radius 3 is 2.90 bits per heavy atom. The van der Waals surface area contributed by atoms with E-state index in [1.54, 1.807) is 11.8 Å². The molecule has 7 heteroatoms. The molecule has 20 heavy (non-hydrogen) atoms. The summed E-state index contributed by atoms with van der Waals surface area (Å²) < 4.78 is 9.60. The molecular formula is C13H15N5OS. The number of aryl methyl sites for hydroxylation is 3. The summed E-state index contributed by atoms with van der Waals surface area (Å²) in [4.78, 5) is 7.60. The van der Waals surface area contributed by atoms with Crippen molar-refractivity contribution in [3.05, 3.63) is 34.9 Å². The molecule has 3 rings (SSSR count). The van der Waals surface area contributed by atoms with Crippen LogP contribution in [0.25, 0.3) is 11.2 Å². The molecule has 0 aromatic carbocycles. The van der Waals surface area contributed by atoms with Crippen LogP contribution in [0.5, 0.6) is 5.88 Å². The molecule has 0 atom stereocenters. The van der Waals surface area contributed by atoms with Crippen LogP contribution in [0, 0.1) is 4.77 Å². The van der Waals surface area contributed by atoms with Gasteiger partial charge >= 0.3 is 0 Å². The largest absolute Gasteiger partial charge is 0.481 e. The van der Waals surface area contributed by atoms with Crippen molar-refractivity contribution in [1.82, 2.24) is 24.3 Å². The molecule has 6 nitrogen and oxygen atoms in total. The Balaban J connectivity index is 1.93. The van der Waals surface area contributed by atoms with Gasteiger partial charge in [0.25, 0.3) is 0 Å². The number of pyridine rings is 1. The fraction of sp³-hybridized carbons (Fsp3) is 0.308. The van der Waals surface area contributed by atoms with Gasteiger partial charge in [-0.3, -0.25) is 4.68 Å². The van der Waals surface area contributed by atoms with E-state index in [1.807, 2.05) is 36.0 Å². The van der Waals surface area contributed by atoms with Crippen LogP contribution >= 0.6 is 12.2 Å². The minimum Gasteiger partial charge on any atom is -0.481 e. The maximum Gasteiger partial charge on any atom is 0.215 e. The third kappa shape index (κ3) is 2.32. The summed E-state index contributed by atoms with van der Waals surface area (Å²) in [6, 6.07) is 5.75. The van der Waals surface area contributed by atoms with Gasteiger partial charge in [-0.2, -0.15) is 10.1 Å². The van der Waals surface area contributed by atoms with Crippen molar-refractivity contribution < 1.29 is 4.74 Å². The minimum atomic E-state index is 0.582. The van der Waals surface area contributed by atoms with E-state index in [4.69, 9.17) is 17.0 Å². The molecule has 1 N–H and O–H groups in total. The molecule has 104 valence electrons. The molecule has 0 saturated heterocycles. The summed E-state index contributed by atoms with van der Waals surface area (Å²) in [6.07, 6.45) is 2.74. The first-order valence-corrected chi connectivity index (χ1v) is 6.70. The highest BCUT2D eigenvalue weighted by Gasteiger charge is 2.08. The molecule has 0 amide bonds. The van der Waals surface area contributed by atoms with Gasteiger partial charge in [-0.25, -0.2) is 0 Å². The van der Waals surface area contributed by atoms with E-state index < -0.39 is 0 Å². The summed E-state index contributed by atoms with van der Waals surface area (Å²) in [6.45, 7) is 0.732. The van der Waals surface area contributed by atoms with Crippen LogP contribution in [0.15, 0.2) is 24.4 Å². The number of rotatable bonds is 4. The summed E-state index contributed by atoms with van der Waals surface area (Å²) >= 11 is 5.35. The molecule has 3 heterocycles. The number of ether oxygens (including phenoxy) is 1. The zero-order valence-corrected chi connectivity index (χ0v) is 12.1. The minimum absolute atomic E-state index is 0.582. The third-order valence-electron chi connectivity index (χ3n) is 3.16. The Morgan fingerprint density at radius 2 is 2.20 bits per heavy atom. The summed E-state index contributed by atoms with van der Waals surface area (Å²) in [5.74, 6) is 0.582. The van der Waals surface area contributed by atoms with E-state index in [0.29, 0.717) is 10.7 Å². The normalized spacial score (nSPS) is 11.1. The lowest BCUT2D eigenvalue weighted by Gasteiger charge is -2.03. The van der Waals surface area contributed by atoms with E-state index in [9.17, 15) is 0 Å². The second-order valence-electron chi connectivity index (χ2n) is 4.54. The first kappa shape index (κ1) is 12.9. The van der Waals surface area contributed by atoms with Gasteiger partial charge in [0, 0.05) is 32.3 Å². The average Bonchev–Trinajstić information content (AvgIpc) is 2.98. The molecule has 0 unspecified atom stereocenters. The van der Waals surface area contributed by atoms with E-state index in [0.717, 1.165) is 29.8 Å². The number of nitrogens with zero attached hydrogens (tertiary/aromatic N) is 4. The molecule has 3 aromatic rings. The molecule has 0 spiro atoms. The van der Waals surface area contributed by atoms with Gasteiger partial charge in [0.2, 0.25) is 5.88 Å². The van der Waals surface area contributed by atoms with Gasteiger partial charge in [-0.15, -0.1) is 0 Å². The predicted octanol–water partition coefficient (Wildman–Crippen LogP) is 2.08. The number of aromatic amines is 1. The van der Waals surface area contributed by atoms with Crippen LogP contribution in [0.1, 0.15) is 5.69 Å². The average molecular weight is 289 g/mol. The van der Waals surface area contributed by atoms with Gasteiger partial charge in [0.1, 0.15) is 0 Å². The monoisotopic (exact) mass is 289 g/mol. The maximum atomic E-state index is 5.35. The second kappa shape index (κ2) is 5.09. The number of aromatic nitrogens is 5. The number of fused-ring (bicyclic) bond motifs is 1. The van der Waals surface area contributed by atoms with Crippen molar-refractivity contribution in [3.63, 3.8) is 0 Å². The number of methoxy groups -OCH3 is 1. The molecule has 3 aromatic heterocycles. The molecular weight excluding hydrogens is 274 g/mol. The fourth-order valence-corrected chi connectivity index (χ4v) is 2.44. The van der Waals surface area contributed by atoms with Gasteiger partial charge in [-0.1, -0.05) is 0 Å². The zero-order valence-electron chi connectivity index (χ0n) is 11.3. The first-order valence-electron chi connectivity index (χ1n) is 6.29. The SMILES string of the molecule is COc1ccc2[nH]c(=S)n(CCc3ccn(C)n3)c2n1. The van der Waals surface area contributed by atoms with Gasteiger partial charge in [0.15, 0.2) is 10.4 Å². The van der Waals surface area contributed by atoms with Gasteiger partial charge < -0.3 is 14.3 Å². The van der Waals surface area contributed by atoms with Crippen molar-refractivity contribution >= 4 is 23.4 Å². The fourth-order valence-electron chi connectivity index (χ4n) is 2.16. The lowest BCUT2D eigenvalue weighted by molar-refractivity contribution is 0.399. The van der Waals surface area contributed by atoms with Crippen molar-refractivity contribution in [2.24, 2.45) is 7.05 Å². The van der Waals surface area contributed by atoms with E-state index in [1.165, 1.54) is 0 Å². The van der Waals surface area contributed by atoms with Gasteiger partial charge in [0.05, 0.1) is 18.3 Å². The first-order chi connectivity index (χ1) is 9.67. The Hall–Kier alpha value is -2.15. The molecule has 0 bridgehead atoms. The Bertz CT molecular complexity index is 801. The maximum absolute atomic E-state index is 5.35.